The van der Waals surface area contributed by atoms with Crippen LogP contribution in [0.25, 0.3) is 10.9 Å². The summed E-state index contributed by atoms with van der Waals surface area (Å²) in [6, 6.07) is 12.3. The van der Waals surface area contributed by atoms with Crippen molar-refractivity contribution in [3.8, 4) is 0 Å². The summed E-state index contributed by atoms with van der Waals surface area (Å²) in [6.45, 7) is 0. The third-order valence-corrected chi connectivity index (χ3v) is 3.19. The molecule has 2 aromatic heterocycles. The van der Waals surface area contributed by atoms with Crippen LogP contribution >= 0.6 is 11.6 Å². The van der Waals surface area contributed by atoms with Gasteiger partial charge in [-0.2, -0.15) is 0 Å². The lowest BCUT2D eigenvalue weighted by Crippen LogP contribution is -2.13. The van der Waals surface area contributed by atoms with Crippen LogP contribution in [0, 0.1) is 0 Å². The second-order valence-electron chi connectivity index (χ2n) is 4.16. The van der Waals surface area contributed by atoms with Gasteiger partial charge in [-0.15, -0.1) is 0 Å². The van der Waals surface area contributed by atoms with Crippen LogP contribution in [-0.4, -0.2) is 15.9 Å². The fraction of sp³-hybridized carbons (Fsp3) is 0. The zero-order chi connectivity index (χ0) is 13.9. The van der Waals surface area contributed by atoms with Gasteiger partial charge in [0.15, 0.2) is 0 Å². The maximum atomic E-state index is 12.1. The number of carbonyl (C=O) groups excluding carboxylic acids is 1. The molecule has 0 saturated heterocycles. The molecule has 3 rings (SSSR count). The van der Waals surface area contributed by atoms with Crippen molar-refractivity contribution in [1.29, 1.82) is 0 Å². The number of amides is 1. The van der Waals surface area contributed by atoms with Crippen molar-refractivity contribution in [2.24, 2.45) is 0 Å². The van der Waals surface area contributed by atoms with E-state index >= 15 is 0 Å². The zero-order valence-corrected chi connectivity index (χ0v) is 11.1. The number of rotatable bonds is 2. The molecule has 4 nitrogen and oxygen atoms in total. The third-order valence-electron chi connectivity index (χ3n) is 2.86. The second-order valence-corrected chi connectivity index (χ2v) is 4.57. The van der Waals surface area contributed by atoms with Crippen LogP contribution in [0.1, 0.15) is 10.5 Å². The van der Waals surface area contributed by atoms with Crippen molar-refractivity contribution in [3.63, 3.8) is 0 Å². The molecule has 1 amide bonds. The minimum Gasteiger partial charge on any atom is -0.319 e. The molecule has 0 unspecified atom stereocenters. The highest BCUT2D eigenvalue weighted by atomic mass is 35.5. The van der Waals surface area contributed by atoms with Crippen molar-refractivity contribution >= 4 is 34.1 Å². The Morgan fingerprint density at radius 1 is 1.00 bits per heavy atom. The van der Waals surface area contributed by atoms with E-state index in [9.17, 15) is 4.79 Å². The van der Waals surface area contributed by atoms with Crippen molar-refractivity contribution in [2.45, 2.75) is 0 Å². The van der Waals surface area contributed by atoms with Gasteiger partial charge in [-0.3, -0.25) is 14.8 Å². The summed E-state index contributed by atoms with van der Waals surface area (Å²) in [5.41, 5.74) is 1.62. The van der Waals surface area contributed by atoms with Gasteiger partial charge in [-0.1, -0.05) is 17.7 Å². The molecule has 0 spiro atoms. The smallest absolute Gasteiger partial charge is 0.274 e. The van der Waals surface area contributed by atoms with Gasteiger partial charge in [0.1, 0.15) is 5.69 Å². The number of benzene rings is 1. The van der Waals surface area contributed by atoms with E-state index in [1.165, 1.54) is 0 Å². The molecule has 2 heterocycles. The second kappa shape index (κ2) is 5.27. The topological polar surface area (TPSA) is 54.9 Å². The Balaban J connectivity index is 2.00. The van der Waals surface area contributed by atoms with E-state index in [0.717, 1.165) is 5.39 Å². The van der Waals surface area contributed by atoms with Crippen LogP contribution < -0.4 is 5.32 Å². The molecule has 5 heteroatoms. The standard InChI is InChI=1S/C15H10ClN3O/c16-11-6-7-12(14-10(11)4-3-9-18-14)19-15(20)13-5-1-2-8-17-13/h1-9H,(H,19,20). The molecule has 20 heavy (non-hydrogen) atoms. The zero-order valence-electron chi connectivity index (χ0n) is 10.4. The molecule has 0 radical (unpaired) electrons. The Morgan fingerprint density at radius 2 is 1.85 bits per heavy atom. The maximum Gasteiger partial charge on any atom is 0.274 e. The highest BCUT2D eigenvalue weighted by molar-refractivity contribution is 6.36. The van der Waals surface area contributed by atoms with E-state index in [1.807, 2.05) is 6.07 Å². The number of pyridine rings is 2. The summed E-state index contributed by atoms with van der Waals surface area (Å²) in [7, 11) is 0. The Kier molecular flexibility index (Phi) is 3.31. The molecular weight excluding hydrogens is 274 g/mol. The summed E-state index contributed by atoms with van der Waals surface area (Å²) >= 11 is 6.12. The molecule has 0 bridgehead atoms. The maximum absolute atomic E-state index is 12.1. The van der Waals surface area contributed by atoms with E-state index in [4.69, 9.17) is 11.6 Å². The molecule has 3 aromatic rings. The van der Waals surface area contributed by atoms with Gasteiger partial charge in [0, 0.05) is 17.8 Å². The first-order chi connectivity index (χ1) is 9.75. The van der Waals surface area contributed by atoms with Gasteiger partial charge in [0.05, 0.1) is 16.2 Å². The fourth-order valence-corrected chi connectivity index (χ4v) is 2.14. The van der Waals surface area contributed by atoms with E-state index in [2.05, 4.69) is 15.3 Å². The molecule has 0 fully saturated rings. The lowest BCUT2D eigenvalue weighted by molar-refractivity contribution is 0.102. The van der Waals surface area contributed by atoms with Crippen LogP contribution in [0.2, 0.25) is 5.02 Å². The lowest BCUT2D eigenvalue weighted by atomic mass is 10.2. The van der Waals surface area contributed by atoms with Gasteiger partial charge in [0.25, 0.3) is 5.91 Å². The van der Waals surface area contributed by atoms with Crippen LogP contribution in [0.4, 0.5) is 5.69 Å². The molecule has 0 aliphatic carbocycles. The summed E-state index contributed by atoms with van der Waals surface area (Å²) < 4.78 is 0. The average molecular weight is 284 g/mol. The highest BCUT2D eigenvalue weighted by Crippen LogP contribution is 2.28. The molecule has 0 aliphatic rings. The first-order valence-electron chi connectivity index (χ1n) is 6.01. The number of fused-ring (bicyclic) bond motifs is 1. The predicted octanol–water partition coefficient (Wildman–Crippen LogP) is 3.54. The van der Waals surface area contributed by atoms with Gasteiger partial charge >= 0.3 is 0 Å². The molecule has 0 aliphatic heterocycles. The number of anilines is 1. The monoisotopic (exact) mass is 283 g/mol. The van der Waals surface area contributed by atoms with Crippen LogP contribution in [-0.2, 0) is 0 Å². The number of aromatic nitrogens is 2. The van der Waals surface area contributed by atoms with Crippen molar-refractivity contribution < 1.29 is 4.79 Å². The molecular formula is C15H10ClN3O. The van der Waals surface area contributed by atoms with Crippen molar-refractivity contribution in [2.75, 3.05) is 5.32 Å². The highest BCUT2D eigenvalue weighted by Gasteiger charge is 2.11. The first kappa shape index (κ1) is 12.6. The summed E-state index contributed by atoms with van der Waals surface area (Å²) in [4.78, 5) is 20.4. The van der Waals surface area contributed by atoms with Gasteiger partial charge < -0.3 is 5.32 Å². The van der Waals surface area contributed by atoms with Gasteiger partial charge in [-0.25, -0.2) is 0 Å². The summed E-state index contributed by atoms with van der Waals surface area (Å²) in [6.07, 6.45) is 3.24. The SMILES string of the molecule is O=C(Nc1ccc(Cl)c2cccnc12)c1ccccn1. The number of nitrogens with one attached hydrogen (secondary N) is 1. The van der Waals surface area contributed by atoms with Crippen LogP contribution in [0.15, 0.2) is 54.9 Å². The van der Waals surface area contributed by atoms with E-state index < -0.39 is 0 Å². The number of nitrogens with zero attached hydrogens (tertiary/aromatic N) is 2. The van der Waals surface area contributed by atoms with E-state index in [0.29, 0.717) is 21.9 Å². The molecule has 0 saturated carbocycles. The normalized spacial score (nSPS) is 10.4. The number of hydrogen-bond acceptors (Lipinski definition) is 3. The number of halogens is 1. The molecule has 0 atom stereocenters. The number of carbonyl (C=O) groups is 1. The average Bonchev–Trinajstić information content (AvgIpc) is 2.51. The van der Waals surface area contributed by atoms with E-state index in [1.54, 1.807) is 48.8 Å². The van der Waals surface area contributed by atoms with Crippen LogP contribution in [0.5, 0.6) is 0 Å². The van der Waals surface area contributed by atoms with Gasteiger partial charge in [-0.05, 0) is 36.4 Å². The molecule has 1 N–H and O–H groups in total. The van der Waals surface area contributed by atoms with Gasteiger partial charge in [0.2, 0.25) is 0 Å². The van der Waals surface area contributed by atoms with Crippen molar-refractivity contribution in [1.82, 2.24) is 9.97 Å². The summed E-state index contributed by atoms with van der Waals surface area (Å²) in [5, 5.41) is 4.21. The molecule has 98 valence electrons. The quantitative estimate of drug-likeness (QED) is 0.783. The van der Waals surface area contributed by atoms with E-state index in [-0.39, 0.29) is 5.91 Å². The lowest BCUT2D eigenvalue weighted by Gasteiger charge is -2.08. The first-order valence-corrected chi connectivity index (χ1v) is 6.39. The Morgan fingerprint density at radius 3 is 2.65 bits per heavy atom. The fourth-order valence-electron chi connectivity index (χ4n) is 1.92. The Labute approximate surface area is 120 Å². The Bertz CT molecular complexity index is 774. The summed E-state index contributed by atoms with van der Waals surface area (Å²) in [5.74, 6) is -0.278. The van der Waals surface area contributed by atoms with Crippen molar-refractivity contribution in [3.05, 3.63) is 65.6 Å². The van der Waals surface area contributed by atoms with Crippen LogP contribution in [0.3, 0.4) is 0 Å². The predicted molar refractivity (Wildman–Crippen MR) is 78.9 cm³/mol. The largest absolute Gasteiger partial charge is 0.319 e. The minimum absolute atomic E-state index is 0.278. The third kappa shape index (κ3) is 2.33. The molecule has 1 aromatic carbocycles. The minimum atomic E-state index is -0.278. The Hall–Kier alpha value is -2.46. The number of hydrogen-bond donors (Lipinski definition) is 1.